The molecule has 23 heavy (non-hydrogen) atoms. The molecule has 2 aliphatic carbocycles. The fourth-order valence-corrected chi connectivity index (χ4v) is 3.15. The van der Waals surface area contributed by atoms with E-state index in [4.69, 9.17) is 4.52 Å². The summed E-state index contributed by atoms with van der Waals surface area (Å²) in [5, 5.41) is 8.64. The van der Waals surface area contributed by atoms with Gasteiger partial charge in [-0.1, -0.05) is 5.16 Å². The van der Waals surface area contributed by atoms with Gasteiger partial charge in [-0.25, -0.2) is 9.67 Å². The van der Waals surface area contributed by atoms with Crippen LogP contribution in [-0.2, 0) is 13.0 Å². The first-order chi connectivity index (χ1) is 11.3. The molecule has 2 aromatic rings. The lowest BCUT2D eigenvalue weighted by Gasteiger charge is -2.17. The van der Waals surface area contributed by atoms with Crippen LogP contribution >= 0.6 is 0 Å². The average molecular weight is 313 g/mol. The smallest absolute Gasteiger partial charge is 0.292 e. The third kappa shape index (κ3) is 2.44. The van der Waals surface area contributed by atoms with E-state index in [0.717, 1.165) is 36.6 Å². The van der Waals surface area contributed by atoms with E-state index in [2.05, 4.69) is 15.2 Å². The summed E-state index contributed by atoms with van der Waals surface area (Å²) in [4.78, 5) is 19.1. The Balaban J connectivity index is 1.30. The number of hydrogen-bond donors (Lipinski definition) is 0. The zero-order chi connectivity index (χ0) is 15.4. The standard InChI is InChI=1S/C16H19N5O2/c22-16(13-9-12(19-23-13)10-1-2-10)20-6-5-14-17-15(11-3-4-11)18-21(14)8-7-20/h9-11H,1-8H2. The molecule has 5 rings (SSSR count). The van der Waals surface area contributed by atoms with Crippen LogP contribution in [0.4, 0.5) is 0 Å². The minimum atomic E-state index is -0.0717. The third-order valence-electron chi connectivity index (χ3n) is 4.92. The van der Waals surface area contributed by atoms with Crippen LogP contribution in [0.3, 0.4) is 0 Å². The van der Waals surface area contributed by atoms with Crippen LogP contribution in [0.1, 0.15) is 65.4 Å². The van der Waals surface area contributed by atoms with Crippen molar-refractivity contribution in [3.63, 3.8) is 0 Å². The average Bonchev–Trinajstić information content (AvgIpc) is 3.49. The minimum absolute atomic E-state index is 0.0717. The van der Waals surface area contributed by atoms with Gasteiger partial charge >= 0.3 is 0 Å². The summed E-state index contributed by atoms with van der Waals surface area (Å²) in [5.74, 6) is 3.35. The van der Waals surface area contributed by atoms with E-state index in [1.54, 1.807) is 0 Å². The molecular formula is C16H19N5O2. The van der Waals surface area contributed by atoms with Gasteiger partial charge in [-0.05, 0) is 25.7 Å². The molecule has 1 amide bonds. The van der Waals surface area contributed by atoms with Crippen LogP contribution in [0.25, 0.3) is 0 Å². The van der Waals surface area contributed by atoms with Crippen LogP contribution in [0.5, 0.6) is 0 Å². The van der Waals surface area contributed by atoms with E-state index >= 15 is 0 Å². The number of carbonyl (C=O) groups is 1. The van der Waals surface area contributed by atoms with Gasteiger partial charge in [0.25, 0.3) is 5.91 Å². The Bertz CT molecular complexity index is 731. The van der Waals surface area contributed by atoms with Crippen molar-refractivity contribution in [3.8, 4) is 0 Å². The fourth-order valence-electron chi connectivity index (χ4n) is 3.15. The molecule has 120 valence electrons. The second-order valence-electron chi connectivity index (χ2n) is 6.82. The Morgan fingerprint density at radius 2 is 1.96 bits per heavy atom. The molecule has 0 radical (unpaired) electrons. The van der Waals surface area contributed by atoms with Gasteiger partial charge in [-0.15, -0.1) is 0 Å². The van der Waals surface area contributed by atoms with Gasteiger partial charge in [0.15, 0.2) is 5.82 Å². The molecule has 0 spiro atoms. The summed E-state index contributed by atoms with van der Waals surface area (Å²) in [5.41, 5.74) is 0.923. The molecule has 3 heterocycles. The van der Waals surface area contributed by atoms with Crippen LogP contribution < -0.4 is 0 Å². The molecule has 0 saturated heterocycles. The predicted octanol–water partition coefficient (Wildman–Crippen LogP) is 1.72. The van der Waals surface area contributed by atoms with Crippen molar-refractivity contribution >= 4 is 5.91 Å². The molecule has 7 heteroatoms. The highest BCUT2D eigenvalue weighted by molar-refractivity contribution is 5.91. The maximum atomic E-state index is 12.6. The number of carbonyl (C=O) groups excluding carboxylic acids is 1. The maximum Gasteiger partial charge on any atom is 0.292 e. The summed E-state index contributed by atoms with van der Waals surface area (Å²) in [7, 11) is 0. The molecule has 0 bridgehead atoms. The van der Waals surface area contributed by atoms with Crippen LogP contribution in [-0.4, -0.2) is 43.8 Å². The molecule has 7 nitrogen and oxygen atoms in total. The van der Waals surface area contributed by atoms with E-state index in [-0.39, 0.29) is 5.91 Å². The van der Waals surface area contributed by atoms with Crippen LogP contribution in [0.2, 0.25) is 0 Å². The summed E-state index contributed by atoms with van der Waals surface area (Å²) >= 11 is 0. The zero-order valence-corrected chi connectivity index (χ0v) is 12.9. The molecular weight excluding hydrogens is 294 g/mol. The molecule has 1 aliphatic heterocycles. The van der Waals surface area contributed by atoms with Gasteiger partial charge in [0, 0.05) is 37.4 Å². The normalized spacial score (nSPS) is 21.1. The SMILES string of the molecule is O=C(c1cc(C2CC2)no1)N1CCc2nc(C3CC3)nn2CC1. The van der Waals surface area contributed by atoms with Crippen molar-refractivity contribution in [2.24, 2.45) is 0 Å². The molecule has 2 saturated carbocycles. The Kier molecular flexibility index (Phi) is 2.83. The first-order valence-corrected chi connectivity index (χ1v) is 8.47. The zero-order valence-electron chi connectivity index (χ0n) is 12.9. The monoisotopic (exact) mass is 313 g/mol. The van der Waals surface area contributed by atoms with Crippen molar-refractivity contribution < 1.29 is 9.32 Å². The Morgan fingerprint density at radius 3 is 2.74 bits per heavy atom. The number of rotatable bonds is 3. The van der Waals surface area contributed by atoms with Gasteiger partial charge in [0.05, 0.1) is 12.2 Å². The van der Waals surface area contributed by atoms with Gasteiger partial charge in [0.1, 0.15) is 5.82 Å². The lowest BCUT2D eigenvalue weighted by molar-refractivity contribution is 0.0716. The summed E-state index contributed by atoms with van der Waals surface area (Å²) in [6.07, 6.45) is 5.47. The van der Waals surface area contributed by atoms with Crippen LogP contribution in [0.15, 0.2) is 10.6 Å². The number of nitrogens with zero attached hydrogens (tertiary/aromatic N) is 5. The third-order valence-corrected chi connectivity index (χ3v) is 4.92. The largest absolute Gasteiger partial charge is 0.351 e. The molecule has 0 N–H and O–H groups in total. The fraction of sp³-hybridized carbons (Fsp3) is 0.625. The van der Waals surface area contributed by atoms with E-state index in [1.165, 1.54) is 12.8 Å². The summed E-state index contributed by atoms with van der Waals surface area (Å²) in [6.45, 7) is 1.99. The van der Waals surface area contributed by atoms with Crippen molar-refractivity contribution in [3.05, 3.63) is 29.2 Å². The molecule has 2 fully saturated rings. The maximum absolute atomic E-state index is 12.6. The number of amides is 1. The van der Waals surface area contributed by atoms with E-state index in [1.807, 2.05) is 15.6 Å². The quantitative estimate of drug-likeness (QED) is 0.862. The number of fused-ring (bicyclic) bond motifs is 1. The first-order valence-electron chi connectivity index (χ1n) is 8.47. The van der Waals surface area contributed by atoms with Crippen molar-refractivity contribution in [1.29, 1.82) is 0 Å². The first kappa shape index (κ1) is 13.3. The van der Waals surface area contributed by atoms with Crippen molar-refractivity contribution in [2.45, 2.75) is 50.5 Å². The lowest BCUT2D eigenvalue weighted by Crippen LogP contribution is -2.33. The molecule has 0 atom stereocenters. The van der Waals surface area contributed by atoms with Gasteiger partial charge in [-0.3, -0.25) is 4.79 Å². The molecule has 3 aliphatic rings. The van der Waals surface area contributed by atoms with Crippen molar-refractivity contribution in [2.75, 3.05) is 13.1 Å². The number of aromatic nitrogens is 4. The van der Waals surface area contributed by atoms with Crippen LogP contribution in [0, 0.1) is 0 Å². The van der Waals surface area contributed by atoms with Gasteiger partial charge in [-0.2, -0.15) is 5.10 Å². The Labute approximate surface area is 133 Å². The van der Waals surface area contributed by atoms with Crippen molar-refractivity contribution in [1.82, 2.24) is 24.8 Å². The highest BCUT2D eigenvalue weighted by Crippen LogP contribution is 2.39. The lowest BCUT2D eigenvalue weighted by atomic mass is 10.2. The predicted molar refractivity (Wildman–Crippen MR) is 80.1 cm³/mol. The summed E-state index contributed by atoms with van der Waals surface area (Å²) < 4.78 is 7.23. The second kappa shape index (κ2) is 4.91. The van der Waals surface area contributed by atoms with Gasteiger partial charge < -0.3 is 9.42 Å². The van der Waals surface area contributed by atoms with Gasteiger partial charge in [0.2, 0.25) is 5.76 Å². The Hall–Kier alpha value is -2.18. The molecule has 0 aromatic carbocycles. The highest BCUT2D eigenvalue weighted by atomic mass is 16.5. The second-order valence-corrected chi connectivity index (χ2v) is 6.82. The topological polar surface area (TPSA) is 77.1 Å². The summed E-state index contributed by atoms with van der Waals surface area (Å²) in [6, 6.07) is 1.81. The minimum Gasteiger partial charge on any atom is -0.351 e. The van der Waals surface area contributed by atoms with E-state index in [0.29, 0.717) is 37.2 Å². The molecule has 0 unspecified atom stereocenters. The molecule has 2 aromatic heterocycles. The Morgan fingerprint density at radius 1 is 1.13 bits per heavy atom. The van der Waals surface area contributed by atoms with E-state index in [9.17, 15) is 4.79 Å². The highest BCUT2D eigenvalue weighted by Gasteiger charge is 2.32. The number of hydrogen-bond acceptors (Lipinski definition) is 5. The van der Waals surface area contributed by atoms with E-state index < -0.39 is 0 Å².